The molecule has 0 radical (unpaired) electrons. The molecule has 126 valence electrons. The third-order valence-corrected chi connectivity index (χ3v) is 5.44. The highest BCUT2D eigenvalue weighted by Crippen LogP contribution is 2.48. The molecule has 0 bridgehead atoms. The number of aliphatic carboxylic acids is 1. The second kappa shape index (κ2) is 5.42. The topological polar surface area (TPSA) is 57.6 Å². The first kappa shape index (κ1) is 17.1. The second-order valence-corrected chi connectivity index (χ2v) is 7.06. The Bertz CT molecular complexity index is 469. The molecule has 2 aliphatic rings. The van der Waals surface area contributed by atoms with Gasteiger partial charge in [-0.2, -0.15) is 13.2 Å². The van der Waals surface area contributed by atoms with Crippen molar-refractivity contribution >= 4 is 11.9 Å². The van der Waals surface area contributed by atoms with Crippen LogP contribution in [0, 0.1) is 16.7 Å². The first-order valence-corrected chi connectivity index (χ1v) is 7.62. The van der Waals surface area contributed by atoms with E-state index in [1.807, 2.05) is 0 Å². The molecule has 1 aliphatic heterocycles. The molecule has 1 atom stereocenters. The average Bonchev–Trinajstić information content (AvgIpc) is 3.07. The summed E-state index contributed by atoms with van der Waals surface area (Å²) in [4.78, 5) is 24.9. The van der Waals surface area contributed by atoms with Gasteiger partial charge in [-0.25, -0.2) is 0 Å². The van der Waals surface area contributed by atoms with Crippen LogP contribution < -0.4 is 0 Å². The summed E-state index contributed by atoms with van der Waals surface area (Å²) in [6.07, 6.45) is -1.57. The number of amides is 1. The van der Waals surface area contributed by atoms with Gasteiger partial charge in [0.15, 0.2) is 5.41 Å². The van der Waals surface area contributed by atoms with Crippen molar-refractivity contribution in [2.75, 3.05) is 13.1 Å². The summed E-state index contributed by atoms with van der Waals surface area (Å²) in [5.41, 5.74) is -3.56. The highest BCUT2D eigenvalue weighted by molar-refractivity contribution is 5.85. The molecule has 0 aromatic rings. The van der Waals surface area contributed by atoms with E-state index in [-0.39, 0.29) is 18.4 Å². The predicted octanol–water partition coefficient (Wildman–Crippen LogP) is 3.07. The quantitative estimate of drug-likeness (QED) is 0.869. The molecule has 1 saturated heterocycles. The van der Waals surface area contributed by atoms with Crippen LogP contribution in [0.2, 0.25) is 0 Å². The lowest BCUT2D eigenvalue weighted by Gasteiger charge is -2.35. The van der Waals surface area contributed by atoms with Gasteiger partial charge >= 0.3 is 12.1 Å². The zero-order valence-electron chi connectivity index (χ0n) is 12.9. The Hall–Kier alpha value is -1.27. The zero-order valence-corrected chi connectivity index (χ0v) is 12.9. The van der Waals surface area contributed by atoms with E-state index in [9.17, 15) is 22.8 Å². The molecule has 1 aliphatic carbocycles. The van der Waals surface area contributed by atoms with E-state index in [1.54, 1.807) is 13.8 Å². The minimum atomic E-state index is -4.86. The lowest BCUT2D eigenvalue weighted by molar-refractivity contribution is -0.227. The summed E-state index contributed by atoms with van der Waals surface area (Å²) < 4.78 is 39.5. The first-order chi connectivity index (χ1) is 10.0. The molecule has 1 N–H and O–H groups in total. The number of carbonyl (C=O) groups is 2. The van der Waals surface area contributed by atoms with Crippen LogP contribution in [0.25, 0.3) is 0 Å². The van der Waals surface area contributed by atoms with Gasteiger partial charge in [-0.15, -0.1) is 0 Å². The van der Waals surface area contributed by atoms with Crippen LogP contribution in [-0.4, -0.2) is 41.1 Å². The van der Waals surface area contributed by atoms with E-state index in [4.69, 9.17) is 5.11 Å². The van der Waals surface area contributed by atoms with E-state index in [0.29, 0.717) is 0 Å². The van der Waals surface area contributed by atoms with E-state index in [2.05, 4.69) is 0 Å². The van der Waals surface area contributed by atoms with Crippen molar-refractivity contribution < 1.29 is 27.9 Å². The Morgan fingerprint density at radius 2 is 1.73 bits per heavy atom. The number of halogens is 3. The number of hydrogen-bond donors (Lipinski definition) is 1. The molecule has 2 fully saturated rings. The maximum absolute atomic E-state index is 13.2. The summed E-state index contributed by atoms with van der Waals surface area (Å²) in [5, 5.41) is 9.06. The van der Waals surface area contributed by atoms with Crippen molar-refractivity contribution in [1.29, 1.82) is 0 Å². The SMILES string of the molecule is CC(C)(C(=O)N1CCC(C(=O)O)(C(F)(F)F)C1)C1CCCC1. The zero-order chi connectivity index (χ0) is 16.8. The summed E-state index contributed by atoms with van der Waals surface area (Å²) in [6, 6.07) is 0. The maximum Gasteiger partial charge on any atom is 0.406 e. The number of hydrogen-bond acceptors (Lipinski definition) is 2. The van der Waals surface area contributed by atoms with E-state index < -0.39 is 35.9 Å². The first-order valence-electron chi connectivity index (χ1n) is 7.62. The summed E-state index contributed by atoms with van der Waals surface area (Å²) in [5.74, 6) is -2.09. The predicted molar refractivity (Wildman–Crippen MR) is 73.1 cm³/mol. The Kier molecular flexibility index (Phi) is 4.21. The van der Waals surface area contributed by atoms with Gasteiger partial charge in [0.1, 0.15) is 0 Å². The van der Waals surface area contributed by atoms with Gasteiger partial charge < -0.3 is 10.0 Å². The Morgan fingerprint density at radius 3 is 2.14 bits per heavy atom. The van der Waals surface area contributed by atoms with Crippen molar-refractivity contribution in [3.8, 4) is 0 Å². The van der Waals surface area contributed by atoms with Crippen LogP contribution in [-0.2, 0) is 9.59 Å². The molecule has 1 unspecified atom stereocenters. The van der Waals surface area contributed by atoms with Crippen molar-refractivity contribution in [1.82, 2.24) is 4.90 Å². The number of nitrogens with zero attached hydrogens (tertiary/aromatic N) is 1. The van der Waals surface area contributed by atoms with Crippen LogP contribution in [0.15, 0.2) is 0 Å². The molecule has 22 heavy (non-hydrogen) atoms. The highest BCUT2D eigenvalue weighted by Gasteiger charge is 2.64. The van der Waals surface area contributed by atoms with Gasteiger partial charge in [-0.3, -0.25) is 9.59 Å². The molecule has 2 rings (SSSR count). The molecule has 0 aromatic heterocycles. The number of rotatable bonds is 3. The van der Waals surface area contributed by atoms with Crippen molar-refractivity contribution in [3.63, 3.8) is 0 Å². The fourth-order valence-corrected chi connectivity index (χ4v) is 3.74. The fraction of sp³-hybridized carbons (Fsp3) is 0.867. The smallest absolute Gasteiger partial charge is 0.406 e. The van der Waals surface area contributed by atoms with E-state index >= 15 is 0 Å². The molecular weight excluding hydrogens is 299 g/mol. The van der Waals surface area contributed by atoms with Crippen LogP contribution in [0.5, 0.6) is 0 Å². The molecular formula is C15H22F3NO3. The monoisotopic (exact) mass is 321 g/mol. The van der Waals surface area contributed by atoms with Gasteiger partial charge in [-0.1, -0.05) is 26.7 Å². The van der Waals surface area contributed by atoms with Gasteiger partial charge in [0.2, 0.25) is 5.91 Å². The van der Waals surface area contributed by atoms with Gasteiger partial charge in [-0.05, 0) is 25.2 Å². The van der Waals surface area contributed by atoms with E-state index in [0.717, 1.165) is 30.6 Å². The largest absolute Gasteiger partial charge is 0.481 e. The lowest BCUT2D eigenvalue weighted by atomic mass is 9.76. The number of alkyl halides is 3. The van der Waals surface area contributed by atoms with E-state index in [1.165, 1.54) is 0 Å². The Morgan fingerprint density at radius 1 is 1.18 bits per heavy atom. The third-order valence-electron chi connectivity index (χ3n) is 5.44. The third kappa shape index (κ3) is 2.58. The Balaban J connectivity index is 2.18. The van der Waals surface area contributed by atoms with Gasteiger partial charge in [0, 0.05) is 18.5 Å². The summed E-state index contributed by atoms with van der Waals surface area (Å²) >= 11 is 0. The van der Waals surface area contributed by atoms with Crippen LogP contribution in [0.4, 0.5) is 13.2 Å². The summed E-state index contributed by atoms with van der Waals surface area (Å²) in [7, 11) is 0. The summed E-state index contributed by atoms with van der Waals surface area (Å²) in [6.45, 7) is 2.60. The molecule has 0 aromatic carbocycles. The molecule has 4 nitrogen and oxygen atoms in total. The molecule has 1 heterocycles. The molecule has 1 amide bonds. The number of carbonyl (C=O) groups excluding carboxylic acids is 1. The van der Waals surface area contributed by atoms with Crippen molar-refractivity contribution in [2.24, 2.45) is 16.7 Å². The second-order valence-electron chi connectivity index (χ2n) is 7.06. The molecule has 7 heteroatoms. The van der Waals surface area contributed by atoms with Gasteiger partial charge in [0.25, 0.3) is 0 Å². The normalized spacial score (nSPS) is 27.4. The standard InChI is InChI=1S/C15H22F3NO3/c1-13(2,10-5-3-4-6-10)11(20)19-8-7-14(9-19,12(21)22)15(16,17)18/h10H,3-9H2,1-2H3,(H,21,22). The minimum absolute atomic E-state index is 0.152. The fourth-order valence-electron chi connectivity index (χ4n) is 3.74. The van der Waals surface area contributed by atoms with Crippen LogP contribution in [0.3, 0.4) is 0 Å². The maximum atomic E-state index is 13.2. The Labute approximate surface area is 127 Å². The van der Waals surface area contributed by atoms with Gasteiger partial charge in [0.05, 0.1) is 0 Å². The van der Waals surface area contributed by atoms with Crippen LogP contribution in [0.1, 0.15) is 46.0 Å². The lowest BCUT2D eigenvalue weighted by Crippen LogP contribution is -2.50. The van der Waals surface area contributed by atoms with Crippen molar-refractivity contribution in [2.45, 2.75) is 52.1 Å². The number of carboxylic acids is 1. The molecule has 1 saturated carbocycles. The number of likely N-dealkylation sites (tertiary alicyclic amines) is 1. The minimum Gasteiger partial charge on any atom is -0.481 e. The van der Waals surface area contributed by atoms with Crippen molar-refractivity contribution in [3.05, 3.63) is 0 Å². The number of carboxylic acid groups (broad SMARTS) is 1. The van der Waals surface area contributed by atoms with Crippen LogP contribution >= 0.6 is 0 Å². The highest BCUT2D eigenvalue weighted by atomic mass is 19.4. The average molecular weight is 321 g/mol. The molecule has 0 spiro atoms.